The largest absolute Gasteiger partial charge is 0.397 e. The van der Waals surface area contributed by atoms with E-state index in [1.807, 2.05) is 6.92 Å². The van der Waals surface area contributed by atoms with Gasteiger partial charge in [-0.1, -0.05) is 25.5 Å². The Kier molecular flexibility index (Phi) is 13.0. The van der Waals surface area contributed by atoms with Gasteiger partial charge in [0.2, 0.25) is 0 Å². The predicted molar refractivity (Wildman–Crippen MR) is 200 cm³/mol. The zero-order chi connectivity index (χ0) is 41.4. The van der Waals surface area contributed by atoms with Gasteiger partial charge in [-0.25, -0.2) is 4.18 Å². The van der Waals surface area contributed by atoms with Crippen LogP contribution >= 0.6 is 0 Å². The second-order valence-electron chi connectivity index (χ2n) is 18.6. The smallest absolute Gasteiger partial charge is 0.393 e. The Labute approximate surface area is 336 Å². The van der Waals surface area contributed by atoms with Crippen molar-refractivity contribution >= 4 is 10.4 Å². The molecule has 3 aliphatic heterocycles. The second kappa shape index (κ2) is 16.8. The van der Waals surface area contributed by atoms with E-state index in [9.17, 15) is 38.5 Å². The van der Waals surface area contributed by atoms with Crippen LogP contribution in [0.2, 0.25) is 0 Å². The fraction of sp³-hybridized carbons (Fsp3) is 0.950. The number of hydrogen-bond acceptors (Lipinski definition) is 15. The molecule has 0 aromatic rings. The van der Waals surface area contributed by atoms with Crippen molar-refractivity contribution < 1.29 is 75.8 Å². The minimum absolute atomic E-state index is 0.0977. The average molecular weight is 835 g/mol. The molecule has 9 unspecified atom stereocenters. The Morgan fingerprint density at radius 3 is 2.14 bits per heavy atom. The Bertz CT molecular complexity index is 1530. The molecular weight excluding hydrogens is 768 g/mol. The van der Waals surface area contributed by atoms with Crippen molar-refractivity contribution in [2.75, 3.05) is 7.11 Å². The summed E-state index contributed by atoms with van der Waals surface area (Å²) >= 11 is 0. The molecule has 3 heterocycles. The van der Waals surface area contributed by atoms with E-state index in [0.717, 1.165) is 32.1 Å². The SMILES string of the molecule is CO[C@H]1C[C@H](O[C@H]2[C@H](O)[C@@H](O)[C@H](OC3CCC4(C)C(=CCC5C4CCC4(C)C5CC(OS(=O)(=O)O)C4C(C)O)C3)O[C@@H]2C)O[C@H](C)[C@H]1O[C@H]1C[C@@H](O)[C@H](O)[C@@H](C)O1. The molecule has 22 atom stereocenters. The van der Waals surface area contributed by atoms with E-state index in [1.54, 1.807) is 27.9 Å². The summed E-state index contributed by atoms with van der Waals surface area (Å²) in [4.78, 5) is 0. The van der Waals surface area contributed by atoms with Gasteiger partial charge in [0.15, 0.2) is 18.9 Å². The molecule has 3 saturated carbocycles. The maximum atomic E-state index is 11.8. The Hall–Kier alpha value is -0.870. The average Bonchev–Trinajstić information content (AvgIpc) is 3.42. The number of rotatable bonds is 10. The molecule has 4 aliphatic carbocycles. The second-order valence-corrected chi connectivity index (χ2v) is 19.7. The van der Waals surface area contributed by atoms with E-state index >= 15 is 0 Å². The summed E-state index contributed by atoms with van der Waals surface area (Å²) in [6, 6.07) is 0. The molecular formula is C40H66O16S. The summed E-state index contributed by atoms with van der Waals surface area (Å²) in [5.74, 6) is 0.334. The molecule has 0 radical (unpaired) electrons. The molecule has 0 aromatic carbocycles. The van der Waals surface area contributed by atoms with Crippen molar-refractivity contribution in [1.29, 1.82) is 0 Å². The van der Waals surface area contributed by atoms with Crippen LogP contribution in [0.3, 0.4) is 0 Å². The molecule has 6 fully saturated rings. The molecule has 3 saturated heterocycles. The maximum absolute atomic E-state index is 11.8. The van der Waals surface area contributed by atoms with Gasteiger partial charge < -0.3 is 58.7 Å². The highest BCUT2D eigenvalue weighted by Crippen LogP contribution is 2.67. The van der Waals surface area contributed by atoms with Crippen molar-refractivity contribution in [3.63, 3.8) is 0 Å². The minimum atomic E-state index is -4.68. The van der Waals surface area contributed by atoms with Crippen LogP contribution in [0, 0.1) is 34.5 Å². The lowest BCUT2D eigenvalue weighted by Gasteiger charge is -2.58. The zero-order valence-electron chi connectivity index (χ0n) is 34.2. The van der Waals surface area contributed by atoms with E-state index in [1.165, 1.54) is 5.57 Å². The van der Waals surface area contributed by atoms with Crippen LogP contribution in [-0.2, 0) is 47.7 Å². The van der Waals surface area contributed by atoms with Crippen LogP contribution in [-0.4, -0.2) is 144 Å². The van der Waals surface area contributed by atoms with E-state index in [0.29, 0.717) is 18.8 Å². The van der Waals surface area contributed by atoms with Gasteiger partial charge in [-0.05, 0) is 101 Å². The number of aliphatic hydroxyl groups is 5. The van der Waals surface area contributed by atoms with Gasteiger partial charge in [0.25, 0.3) is 0 Å². The summed E-state index contributed by atoms with van der Waals surface area (Å²) in [7, 11) is -3.12. The van der Waals surface area contributed by atoms with E-state index in [-0.39, 0.29) is 41.6 Å². The molecule has 17 heteroatoms. The van der Waals surface area contributed by atoms with Gasteiger partial charge in [-0.3, -0.25) is 4.55 Å². The summed E-state index contributed by atoms with van der Waals surface area (Å²) in [6.45, 7) is 11.4. The zero-order valence-corrected chi connectivity index (χ0v) is 35.0. The van der Waals surface area contributed by atoms with Crippen molar-refractivity contribution in [3.8, 4) is 0 Å². The number of ether oxygens (including phenoxy) is 7. The van der Waals surface area contributed by atoms with Gasteiger partial charge in [0.05, 0.1) is 48.8 Å². The summed E-state index contributed by atoms with van der Waals surface area (Å²) in [6.07, 6.45) is -5.01. The van der Waals surface area contributed by atoms with Crippen LogP contribution < -0.4 is 0 Å². The Balaban J connectivity index is 0.948. The van der Waals surface area contributed by atoms with Gasteiger partial charge in [0.1, 0.15) is 30.5 Å². The quantitative estimate of drug-likeness (QED) is 0.137. The fourth-order valence-electron chi connectivity index (χ4n) is 12.4. The first-order valence-corrected chi connectivity index (χ1v) is 22.3. The summed E-state index contributed by atoms with van der Waals surface area (Å²) < 4.78 is 81.0. The third kappa shape index (κ3) is 8.52. The number of allylic oxidation sites excluding steroid dienone is 1. The van der Waals surface area contributed by atoms with Crippen molar-refractivity contribution in [3.05, 3.63) is 11.6 Å². The highest BCUT2D eigenvalue weighted by Gasteiger charge is 2.63. The van der Waals surface area contributed by atoms with Crippen LogP contribution in [0.25, 0.3) is 0 Å². The Morgan fingerprint density at radius 1 is 0.807 bits per heavy atom. The van der Waals surface area contributed by atoms with Gasteiger partial charge >= 0.3 is 10.4 Å². The standard InChI is InChI=1S/C40H66O16S/c1-18(41)32-28(56-57(46,47)48)15-26-24-9-8-22-14-23(10-12-39(22,5)25(24)11-13-40(26,32)6)53-38-35(45)34(44)37(21(4)52-38)55-31-17-29(49-7)36(20(3)51-31)54-30-16-27(42)33(43)19(2)50-30/h8,18-21,23-38,41-45H,9-17H2,1-7H3,(H,46,47,48)/t18?,19-,20-,21-,23?,24?,25?,26?,27-,28?,29+,30+,31+,32?,33-,34-,35-,36-,37-,38+,39?,40?/m1/s1. The first kappa shape index (κ1) is 44.2. The van der Waals surface area contributed by atoms with Gasteiger partial charge in [-0.15, -0.1) is 0 Å². The molecule has 6 N–H and O–H groups in total. The third-order valence-electron chi connectivity index (χ3n) is 15.2. The lowest BCUT2D eigenvalue weighted by atomic mass is 9.47. The molecule has 0 bridgehead atoms. The third-order valence-corrected chi connectivity index (χ3v) is 15.7. The molecule has 0 aromatic heterocycles. The molecule has 0 spiro atoms. The van der Waals surface area contributed by atoms with Crippen LogP contribution in [0.1, 0.15) is 99.3 Å². The van der Waals surface area contributed by atoms with E-state index in [2.05, 4.69) is 19.9 Å². The predicted octanol–water partition coefficient (Wildman–Crippen LogP) is 2.37. The van der Waals surface area contributed by atoms with E-state index in [4.69, 9.17) is 37.3 Å². The normalized spacial score (nSPS) is 52.3. The van der Waals surface area contributed by atoms with Gasteiger partial charge in [0, 0.05) is 25.9 Å². The minimum Gasteiger partial charge on any atom is -0.393 e. The number of aliphatic hydroxyl groups excluding tert-OH is 5. The molecule has 328 valence electrons. The molecule has 7 rings (SSSR count). The lowest BCUT2D eigenvalue weighted by molar-refractivity contribution is -0.351. The molecule has 16 nitrogen and oxygen atoms in total. The first-order chi connectivity index (χ1) is 26.7. The monoisotopic (exact) mass is 834 g/mol. The fourth-order valence-corrected chi connectivity index (χ4v) is 12.9. The van der Waals surface area contributed by atoms with Gasteiger partial charge in [-0.2, -0.15) is 8.42 Å². The number of methoxy groups -OCH3 is 1. The number of hydrogen-bond donors (Lipinski definition) is 6. The molecule has 0 amide bonds. The highest BCUT2D eigenvalue weighted by molar-refractivity contribution is 7.80. The Morgan fingerprint density at radius 2 is 1.47 bits per heavy atom. The van der Waals surface area contributed by atoms with Crippen LogP contribution in [0.5, 0.6) is 0 Å². The topological polar surface area (TPSA) is 229 Å². The first-order valence-electron chi connectivity index (χ1n) is 20.9. The molecule has 7 aliphatic rings. The molecule has 57 heavy (non-hydrogen) atoms. The number of fused-ring (bicyclic) bond motifs is 5. The van der Waals surface area contributed by atoms with E-state index < -0.39 is 108 Å². The van der Waals surface area contributed by atoms with Crippen molar-refractivity contribution in [2.24, 2.45) is 34.5 Å². The van der Waals surface area contributed by atoms with Crippen molar-refractivity contribution in [2.45, 2.75) is 198 Å². The lowest BCUT2D eigenvalue weighted by Crippen LogP contribution is -2.61. The van der Waals surface area contributed by atoms with Crippen molar-refractivity contribution in [1.82, 2.24) is 0 Å². The van der Waals surface area contributed by atoms with Crippen LogP contribution in [0.4, 0.5) is 0 Å². The summed E-state index contributed by atoms with van der Waals surface area (Å²) in [5, 5.41) is 53.8. The highest BCUT2D eigenvalue weighted by atomic mass is 32.3. The van der Waals surface area contributed by atoms with Crippen LogP contribution in [0.15, 0.2) is 11.6 Å². The maximum Gasteiger partial charge on any atom is 0.397 e. The summed E-state index contributed by atoms with van der Waals surface area (Å²) in [5.41, 5.74) is 0.873.